The number of aromatic nitrogens is 3. The van der Waals surface area contributed by atoms with Crippen molar-refractivity contribution in [2.75, 3.05) is 20.7 Å². The minimum Gasteiger partial charge on any atom is -0.414 e. The van der Waals surface area contributed by atoms with Crippen LogP contribution in [-0.4, -0.2) is 67.0 Å². The average Bonchev–Trinajstić information content (AvgIpc) is 3.24. The number of ether oxygens (including phenoxy) is 1. The zero-order valence-electron chi connectivity index (χ0n) is 19.7. The second-order valence-electron chi connectivity index (χ2n) is 9.79. The van der Waals surface area contributed by atoms with Crippen LogP contribution in [0, 0.1) is 3.57 Å². The summed E-state index contributed by atoms with van der Waals surface area (Å²) in [4.78, 5) is 31.2. The molecule has 0 spiro atoms. The Kier molecular flexibility index (Phi) is 7.51. The number of fused-ring (bicyclic) bond motifs is 1. The van der Waals surface area contributed by atoms with Crippen molar-refractivity contribution >= 4 is 54.2 Å². The van der Waals surface area contributed by atoms with Gasteiger partial charge in [-0.2, -0.15) is 4.98 Å². The van der Waals surface area contributed by atoms with Crippen LogP contribution in [0.2, 0.25) is 18.1 Å². The number of nitrogens with zero attached hydrogens (tertiary/aromatic N) is 4. The van der Waals surface area contributed by atoms with E-state index in [0.717, 1.165) is 3.57 Å². The summed E-state index contributed by atoms with van der Waals surface area (Å²) >= 11 is 2.13. The smallest absolute Gasteiger partial charge is 0.262 e. The summed E-state index contributed by atoms with van der Waals surface area (Å²) in [7, 11) is 1.74. The van der Waals surface area contributed by atoms with E-state index in [1.54, 1.807) is 11.2 Å². The molecule has 0 bridgehead atoms. The molecule has 1 fully saturated rings. The minimum absolute atomic E-state index is 0.0885. The van der Waals surface area contributed by atoms with E-state index in [4.69, 9.17) is 19.9 Å². The predicted molar refractivity (Wildman–Crippen MR) is 136 cm³/mol. The molecule has 3 atom stereocenters. The molecule has 0 unspecified atom stereocenters. The monoisotopic (exact) mass is 576 g/mol. The number of H-pyrrole nitrogens is 1. The van der Waals surface area contributed by atoms with Crippen LogP contribution in [-0.2, 0) is 14.0 Å². The van der Waals surface area contributed by atoms with E-state index in [0.29, 0.717) is 24.1 Å². The molecule has 0 aromatic carbocycles. The summed E-state index contributed by atoms with van der Waals surface area (Å²) in [6.07, 6.45) is 2.94. The van der Waals surface area contributed by atoms with Crippen molar-refractivity contribution in [3.8, 4) is 0 Å². The van der Waals surface area contributed by atoms with Gasteiger partial charge in [-0.25, -0.2) is 10.9 Å². The Morgan fingerprint density at radius 3 is 2.75 bits per heavy atom. The van der Waals surface area contributed by atoms with Crippen molar-refractivity contribution in [3.05, 3.63) is 20.1 Å². The van der Waals surface area contributed by atoms with Crippen molar-refractivity contribution in [2.24, 2.45) is 10.9 Å². The molecule has 178 valence electrons. The summed E-state index contributed by atoms with van der Waals surface area (Å²) in [6, 6.07) is 0. The molecule has 12 heteroatoms. The largest absolute Gasteiger partial charge is 0.414 e. The third kappa shape index (κ3) is 5.25. The van der Waals surface area contributed by atoms with Crippen LogP contribution in [0.3, 0.4) is 0 Å². The number of nitrogens with two attached hydrogens (primary N) is 1. The van der Waals surface area contributed by atoms with Crippen molar-refractivity contribution in [3.63, 3.8) is 0 Å². The van der Waals surface area contributed by atoms with Crippen molar-refractivity contribution in [1.82, 2.24) is 19.4 Å². The lowest BCUT2D eigenvalue weighted by Crippen LogP contribution is -2.44. The first kappa shape index (κ1) is 25.3. The van der Waals surface area contributed by atoms with E-state index in [9.17, 15) is 4.79 Å². The van der Waals surface area contributed by atoms with Crippen LogP contribution < -0.4 is 11.5 Å². The van der Waals surface area contributed by atoms with E-state index >= 15 is 0 Å². The lowest BCUT2D eigenvalue weighted by atomic mass is 10.2. The first-order valence-corrected chi connectivity index (χ1v) is 14.5. The van der Waals surface area contributed by atoms with E-state index < -0.39 is 8.32 Å². The molecule has 0 saturated carbocycles. The van der Waals surface area contributed by atoms with E-state index in [1.165, 1.54) is 0 Å². The maximum absolute atomic E-state index is 12.7. The molecular formula is C20H33IN6O4Si. The number of hydrogen-bond donors (Lipinski definition) is 2. The second kappa shape index (κ2) is 9.50. The van der Waals surface area contributed by atoms with Crippen LogP contribution in [0.25, 0.3) is 11.0 Å². The Balaban J connectivity index is 1.89. The number of rotatable bonds is 7. The lowest BCUT2D eigenvalue weighted by molar-refractivity contribution is -0.0586. The van der Waals surface area contributed by atoms with Gasteiger partial charge >= 0.3 is 0 Å². The summed E-state index contributed by atoms with van der Waals surface area (Å²) in [5.74, 6) is 5.83. The van der Waals surface area contributed by atoms with E-state index in [1.807, 2.05) is 24.9 Å². The fraction of sp³-hybridized carbons (Fsp3) is 0.650. The number of halogens is 1. The topological polar surface area (TPSA) is 120 Å². The van der Waals surface area contributed by atoms with E-state index in [-0.39, 0.29) is 35.0 Å². The van der Waals surface area contributed by atoms with Gasteiger partial charge in [-0.3, -0.25) is 14.6 Å². The summed E-state index contributed by atoms with van der Waals surface area (Å²) in [5.41, 5.74) is 0.266. The molecule has 1 saturated heterocycles. The lowest BCUT2D eigenvalue weighted by Gasteiger charge is -2.37. The molecule has 10 nitrogen and oxygen atoms in total. The number of nitrogens with one attached hydrogen (secondary N) is 1. The minimum atomic E-state index is -1.95. The van der Waals surface area contributed by atoms with E-state index in [2.05, 4.69) is 71.4 Å². The second-order valence-corrected chi connectivity index (χ2v) is 15.8. The zero-order chi connectivity index (χ0) is 23.8. The molecule has 0 aliphatic carbocycles. The number of aromatic amines is 1. The van der Waals surface area contributed by atoms with Crippen LogP contribution >= 0.6 is 22.6 Å². The van der Waals surface area contributed by atoms with Gasteiger partial charge in [-0.05, 0) is 40.7 Å². The Bertz CT molecular complexity index is 1050. The van der Waals surface area contributed by atoms with Gasteiger partial charge in [0, 0.05) is 30.3 Å². The number of aliphatic imine (C=N–C) groups is 1. The predicted octanol–water partition coefficient (Wildman–Crippen LogP) is 3.12. The third-order valence-corrected chi connectivity index (χ3v) is 11.4. The quantitative estimate of drug-likeness (QED) is 0.171. The van der Waals surface area contributed by atoms with Gasteiger partial charge in [0.25, 0.3) is 5.56 Å². The van der Waals surface area contributed by atoms with Gasteiger partial charge in [0.15, 0.2) is 14.0 Å². The van der Waals surface area contributed by atoms with Gasteiger partial charge in [0.05, 0.1) is 18.3 Å². The SMILES string of the molecule is CN(C)C=Nc1nc2c(c(I)cn2[C@H]2C[C@@H](ON)[C@@H](CO[Si](C)(C)C(C)(C)C)O2)c(=O)[nH]1. The molecule has 3 rings (SSSR count). The van der Waals surface area contributed by atoms with Crippen LogP contribution in [0.4, 0.5) is 5.95 Å². The molecule has 2 aromatic rings. The Hall–Kier alpha value is -1.32. The zero-order valence-corrected chi connectivity index (χ0v) is 22.8. The third-order valence-electron chi connectivity index (χ3n) is 6.11. The maximum Gasteiger partial charge on any atom is 0.262 e. The summed E-state index contributed by atoms with van der Waals surface area (Å²) in [6.45, 7) is 11.4. The first-order chi connectivity index (χ1) is 14.8. The highest BCUT2D eigenvalue weighted by atomic mass is 127. The molecule has 2 aromatic heterocycles. The highest BCUT2D eigenvalue weighted by Gasteiger charge is 2.42. The molecule has 3 heterocycles. The maximum atomic E-state index is 12.7. The Labute approximate surface area is 202 Å². The van der Waals surface area contributed by atoms with Crippen molar-refractivity contribution in [1.29, 1.82) is 0 Å². The fourth-order valence-electron chi connectivity index (χ4n) is 3.22. The van der Waals surface area contributed by atoms with Gasteiger partial charge in [-0.15, -0.1) is 0 Å². The molecule has 0 amide bonds. The normalized spacial score (nSPS) is 22.3. The first-order valence-electron chi connectivity index (χ1n) is 10.5. The van der Waals surface area contributed by atoms with Gasteiger partial charge in [-0.1, -0.05) is 20.8 Å². The molecular weight excluding hydrogens is 543 g/mol. The van der Waals surface area contributed by atoms with Gasteiger partial charge < -0.3 is 18.6 Å². The van der Waals surface area contributed by atoms with Crippen molar-refractivity contribution < 1.29 is 14.0 Å². The van der Waals surface area contributed by atoms with Crippen LogP contribution in [0.15, 0.2) is 16.0 Å². The van der Waals surface area contributed by atoms with Crippen LogP contribution in [0.1, 0.15) is 33.4 Å². The highest BCUT2D eigenvalue weighted by molar-refractivity contribution is 14.1. The summed E-state index contributed by atoms with van der Waals surface area (Å²) < 4.78 is 15.3. The number of hydrogen-bond acceptors (Lipinski definition) is 7. The van der Waals surface area contributed by atoms with Gasteiger partial charge in [0.2, 0.25) is 5.95 Å². The van der Waals surface area contributed by atoms with Crippen molar-refractivity contribution in [2.45, 2.75) is 63.8 Å². The fourth-order valence-corrected chi connectivity index (χ4v) is 5.02. The molecule has 0 radical (unpaired) electrons. The standard InChI is InChI=1S/C20H33IN6O4Si/c1-20(2,3)32(6,7)29-10-14-13(31-22)8-15(30-14)27-9-12(21)16-17(27)24-19(25-18(16)28)23-11-26(4)5/h9,11,13-15H,8,10,22H2,1-7H3,(H,24,25,28)/t13-,14-,15-/m1/s1. The molecule has 32 heavy (non-hydrogen) atoms. The molecule has 1 aliphatic rings. The Morgan fingerprint density at radius 1 is 1.47 bits per heavy atom. The molecule has 1 aliphatic heterocycles. The summed E-state index contributed by atoms with van der Waals surface area (Å²) in [5, 5.41) is 0.592. The highest BCUT2D eigenvalue weighted by Crippen LogP contribution is 2.38. The molecule has 3 N–H and O–H groups in total. The van der Waals surface area contributed by atoms with Crippen LogP contribution in [0.5, 0.6) is 0 Å². The van der Waals surface area contributed by atoms with Gasteiger partial charge in [0.1, 0.15) is 18.4 Å². The Morgan fingerprint density at radius 2 is 2.16 bits per heavy atom. The average molecular weight is 577 g/mol.